The first kappa shape index (κ1) is 25.8. The zero-order valence-electron chi connectivity index (χ0n) is 17.8. The molecule has 26 heavy (non-hydrogen) atoms. The van der Waals surface area contributed by atoms with Crippen molar-refractivity contribution in [3.05, 3.63) is 58.7 Å². The van der Waals surface area contributed by atoms with Crippen molar-refractivity contribution in [1.82, 2.24) is 4.98 Å². The summed E-state index contributed by atoms with van der Waals surface area (Å²) in [4.78, 5) is 9.34. The molecule has 138 valence electrons. The molecule has 0 N–H and O–H groups in total. The SMILES string of the molecule is CCOCC.Cc1cccc(=Nc2c(C(C)C)cccc2C(C)C)[n-]1.[K+]. The Bertz CT molecular complexity index is 677. The Labute approximate surface area is 202 Å². The van der Waals surface area contributed by atoms with E-state index >= 15 is 0 Å². The number of nitrogens with zero attached hydrogens (tertiary/aromatic N) is 2. The fourth-order valence-corrected chi connectivity index (χ4v) is 2.55. The third-order valence-corrected chi connectivity index (χ3v) is 3.85. The van der Waals surface area contributed by atoms with Crippen LogP contribution in [0.15, 0.2) is 41.4 Å². The van der Waals surface area contributed by atoms with E-state index in [1.807, 2.05) is 39.0 Å². The molecule has 0 aliphatic rings. The number of hydrogen-bond acceptors (Lipinski definition) is 2. The van der Waals surface area contributed by atoms with Gasteiger partial charge in [0, 0.05) is 13.2 Å². The molecule has 0 fully saturated rings. The average Bonchev–Trinajstić information content (AvgIpc) is 2.56. The minimum atomic E-state index is 0. The van der Waals surface area contributed by atoms with E-state index < -0.39 is 0 Å². The molecule has 0 unspecified atom stereocenters. The van der Waals surface area contributed by atoms with Crippen molar-refractivity contribution in [3.63, 3.8) is 0 Å². The van der Waals surface area contributed by atoms with Crippen LogP contribution >= 0.6 is 0 Å². The molecule has 0 aliphatic carbocycles. The Morgan fingerprint density at radius 2 is 1.38 bits per heavy atom. The summed E-state index contributed by atoms with van der Waals surface area (Å²) in [5.74, 6) is 0.912. The van der Waals surface area contributed by atoms with Gasteiger partial charge in [-0.25, -0.2) is 0 Å². The van der Waals surface area contributed by atoms with E-state index in [9.17, 15) is 0 Å². The Morgan fingerprint density at radius 3 is 1.77 bits per heavy atom. The summed E-state index contributed by atoms with van der Waals surface area (Å²) in [5, 5.41) is 0. The Balaban J connectivity index is 0.000000923. The fraction of sp³-hybridized carbons (Fsp3) is 0.500. The number of para-hydroxylation sites is 1. The second-order valence-corrected chi connectivity index (χ2v) is 6.62. The van der Waals surface area contributed by atoms with Crippen molar-refractivity contribution >= 4 is 5.69 Å². The molecule has 0 radical (unpaired) electrons. The molecule has 1 aromatic heterocycles. The van der Waals surface area contributed by atoms with Crippen LogP contribution in [-0.4, -0.2) is 13.2 Å². The summed E-state index contributed by atoms with van der Waals surface area (Å²) in [6.07, 6.45) is 0. The van der Waals surface area contributed by atoms with Crippen molar-refractivity contribution in [2.24, 2.45) is 4.99 Å². The third-order valence-electron chi connectivity index (χ3n) is 3.85. The van der Waals surface area contributed by atoms with Crippen molar-refractivity contribution < 1.29 is 56.1 Å². The van der Waals surface area contributed by atoms with Crippen LogP contribution in [-0.2, 0) is 4.74 Å². The molecule has 0 bridgehead atoms. The molecule has 3 nitrogen and oxygen atoms in total. The summed E-state index contributed by atoms with van der Waals surface area (Å²) in [7, 11) is 0. The molecule has 0 saturated carbocycles. The van der Waals surface area contributed by atoms with Crippen molar-refractivity contribution in [1.29, 1.82) is 0 Å². The molecule has 0 atom stereocenters. The summed E-state index contributed by atoms with van der Waals surface area (Å²) in [5.41, 5.74) is 5.47. The third kappa shape index (κ3) is 8.64. The number of benzene rings is 1. The minimum Gasteiger partial charge on any atom is -0.440 e. The summed E-state index contributed by atoms with van der Waals surface area (Å²) in [6.45, 7) is 16.5. The van der Waals surface area contributed by atoms with E-state index in [4.69, 9.17) is 9.73 Å². The molecular formula is C22H33KN2O. The summed E-state index contributed by atoms with van der Waals surface area (Å²) in [6, 6.07) is 12.4. The van der Waals surface area contributed by atoms with Crippen LogP contribution in [0.2, 0.25) is 0 Å². The van der Waals surface area contributed by atoms with Gasteiger partial charge >= 0.3 is 51.4 Å². The fourth-order valence-electron chi connectivity index (χ4n) is 2.55. The van der Waals surface area contributed by atoms with Crippen molar-refractivity contribution in [2.75, 3.05) is 13.2 Å². The maximum absolute atomic E-state index is 4.83. The van der Waals surface area contributed by atoms with E-state index in [1.54, 1.807) is 0 Å². The topological polar surface area (TPSA) is 35.7 Å². The Hall–Kier alpha value is -0.234. The first-order chi connectivity index (χ1) is 11.9. The number of pyridine rings is 1. The number of aryl methyl sites for hydroxylation is 1. The molecular weight excluding hydrogens is 347 g/mol. The van der Waals surface area contributed by atoms with Gasteiger partial charge in [0.2, 0.25) is 0 Å². The van der Waals surface area contributed by atoms with E-state index in [2.05, 4.69) is 50.9 Å². The first-order valence-corrected chi connectivity index (χ1v) is 9.26. The molecule has 1 heterocycles. The van der Waals surface area contributed by atoms with Gasteiger partial charge in [-0.3, -0.25) is 0 Å². The summed E-state index contributed by atoms with van der Waals surface area (Å²) < 4.78 is 4.83. The zero-order chi connectivity index (χ0) is 18.8. The number of aromatic nitrogens is 1. The molecule has 1 aromatic carbocycles. The first-order valence-electron chi connectivity index (χ1n) is 9.26. The summed E-state index contributed by atoms with van der Waals surface area (Å²) >= 11 is 0. The van der Waals surface area contributed by atoms with Gasteiger partial charge in [0.1, 0.15) is 0 Å². The second kappa shape index (κ2) is 13.9. The predicted octanol–water partition coefficient (Wildman–Crippen LogP) is 2.48. The quantitative estimate of drug-likeness (QED) is 0.747. The monoisotopic (exact) mass is 380 g/mol. The zero-order valence-corrected chi connectivity index (χ0v) is 21.0. The van der Waals surface area contributed by atoms with Gasteiger partial charge < -0.3 is 14.7 Å². The van der Waals surface area contributed by atoms with Crippen LogP contribution in [0.5, 0.6) is 0 Å². The van der Waals surface area contributed by atoms with Gasteiger partial charge in [0.25, 0.3) is 0 Å². The van der Waals surface area contributed by atoms with Gasteiger partial charge in [-0.05, 0) is 49.4 Å². The standard InChI is InChI=1S/C18H23N2.C4H10O.K/c1-12(2)15-9-7-10-16(13(3)4)18(15)20-17-11-6-8-14(5)19-17;1-3-5-4-2;/h6-13H,1-5H3;3-4H2,1-2H3;/q-1;;+1. The molecule has 0 amide bonds. The van der Waals surface area contributed by atoms with E-state index in [-0.39, 0.29) is 51.4 Å². The Morgan fingerprint density at radius 1 is 0.885 bits per heavy atom. The minimum absolute atomic E-state index is 0. The molecule has 4 heteroatoms. The van der Waals surface area contributed by atoms with Crippen LogP contribution in [0.3, 0.4) is 0 Å². The van der Waals surface area contributed by atoms with E-state index in [0.717, 1.165) is 30.1 Å². The van der Waals surface area contributed by atoms with Crippen LogP contribution in [0, 0.1) is 6.92 Å². The maximum atomic E-state index is 4.83. The van der Waals surface area contributed by atoms with Crippen LogP contribution < -0.4 is 61.9 Å². The van der Waals surface area contributed by atoms with Crippen molar-refractivity contribution in [3.8, 4) is 0 Å². The van der Waals surface area contributed by atoms with Crippen molar-refractivity contribution in [2.45, 2.75) is 60.3 Å². The van der Waals surface area contributed by atoms with E-state index in [1.165, 1.54) is 11.1 Å². The largest absolute Gasteiger partial charge is 1.00 e. The van der Waals surface area contributed by atoms with Gasteiger partial charge in [0.05, 0.1) is 0 Å². The molecule has 2 rings (SSSR count). The van der Waals surface area contributed by atoms with Gasteiger partial charge in [-0.15, -0.1) is 0 Å². The second-order valence-electron chi connectivity index (χ2n) is 6.62. The molecule has 0 aliphatic heterocycles. The molecule has 2 aromatic rings. The van der Waals surface area contributed by atoms with Gasteiger partial charge in [0.15, 0.2) is 0 Å². The van der Waals surface area contributed by atoms with Gasteiger partial charge in [-0.2, -0.15) is 0 Å². The molecule has 0 spiro atoms. The van der Waals surface area contributed by atoms with E-state index in [0.29, 0.717) is 11.8 Å². The average molecular weight is 381 g/mol. The van der Waals surface area contributed by atoms with Gasteiger partial charge in [-0.1, -0.05) is 75.3 Å². The number of rotatable bonds is 5. The predicted molar refractivity (Wildman–Crippen MR) is 107 cm³/mol. The normalized spacial score (nSPS) is 11.2. The van der Waals surface area contributed by atoms with Crippen LogP contribution in [0.1, 0.15) is 70.2 Å². The molecule has 0 saturated heterocycles. The maximum Gasteiger partial charge on any atom is 1.00 e. The smallest absolute Gasteiger partial charge is 0.440 e. The van der Waals surface area contributed by atoms with Crippen LogP contribution in [0.4, 0.5) is 5.69 Å². The number of hydrogen-bond donors (Lipinski definition) is 0. The number of ether oxygens (including phenoxy) is 1. The van der Waals surface area contributed by atoms with Crippen LogP contribution in [0.25, 0.3) is 0 Å². The Kier molecular flexibility index (Phi) is 13.7.